The topological polar surface area (TPSA) is 155 Å². The summed E-state index contributed by atoms with van der Waals surface area (Å²) in [5, 5.41) is 9.77. The molecule has 0 aromatic heterocycles. The van der Waals surface area contributed by atoms with Crippen LogP contribution in [0.15, 0.2) is 97.2 Å². The summed E-state index contributed by atoms with van der Waals surface area (Å²) < 4.78 is 39.3. The normalized spacial score (nSPS) is 14.2. The maximum absolute atomic E-state index is 12.8. The molecular weight excluding hydrogens is 880 g/mol. The molecule has 0 aromatic carbocycles. The van der Waals surface area contributed by atoms with Gasteiger partial charge >= 0.3 is 25.7 Å². The van der Waals surface area contributed by atoms with Gasteiger partial charge in [0.05, 0.1) is 19.8 Å². The predicted molar refractivity (Wildman–Crippen MR) is 279 cm³/mol. The van der Waals surface area contributed by atoms with Crippen LogP contribution in [0.4, 0.5) is 0 Å². The Morgan fingerprint density at radius 2 is 0.765 bits per heavy atom. The Morgan fingerprint density at radius 3 is 1.19 bits per heavy atom. The van der Waals surface area contributed by atoms with Crippen molar-refractivity contribution in [3.63, 3.8) is 0 Å². The van der Waals surface area contributed by atoms with E-state index in [1.807, 2.05) is 0 Å². The Morgan fingerprint density at radius 1 is 0.426 bits per heavy atom. The lowest BCUT2D eigenvalue weighted by atomic mass is 10.1. The summed E-state index contributed by atoms with van der Waals surface area (Å²) in [6, 6.07) is 0. The fraction of sp³-hybridized carbons (Fsp3) is 0.661. The number of hydrogen-bond donors (Lipinski definition) is 2. The van der Waals surface area contributed by atoms with Gasteiger partial charge in [-0.25, -0.2) is 4.57 Å². The number of esters is 3. The minimum Gasteiger partial charge on any atom is -0.462 e. The molecule has 0 aromatic rings. The van der Waals surface area contributed by atoms with Gasteiger partial charge in [0.1, 0.15) is 12.7 Å². The fourth-order valence-corrected chi connectivity index (χ4v) is 7.32. The zero-order valence-corrected chi connectivity index (χ0v) is 43.4. The lowest BCUT2D eigenvalue weighted by Gasteiger charge is -2.21. The van der Waals surface area contributed by atoms with Crippen LogP contribution in [-0.4, -0.2) is 66.5 Å². The fourth-order valence-electron chi connectivity index (χ4n) is 6.54. The highest BCUT2D eigenvalue weighted by atomic mass is 31.2. The molecule has 0 saturated heterocycles. The van der Waals surface area contributed by atoms with Crippen molar-refractivity contribution in [2.45, 2.75) is 213 Å². The maximum atomic E-state index is 12.8. The number of rotatable bonds is 47. The largest absolute Gasteiger partial charge is 0.472 e. The number of carbonyl (C=O) groups is 3. The second-order valence-electron chi connectivity index (χ2n) is 16.9. The van der Waals surface area contributed by atoms with Crippen LogP contribution in [0.1, 0.15) is 201 Å². The molecule has 3 atom stereocenters. The average molecular weight is 973 g/mol. The van der Waals surface area contributed by atoms with E-state index in [2.05, 4.69) is 118 Å². The number of ether oxygens (including phenoxy) is 3. The molecule has 0 radical (unpaired) electrons. The molecule has 3 unspecified atom stereocenters. The molecule has 0 amide bonds. The van der Waals surface area contributed by atoms with Gasteiger partial charge < -0.3 is 24.2 Å². The van der Waals surface area contributed by atoms with Crippen molar-refractivity contribution in [1.29, 1.82) is 0 Å². The van der Waals surface area contributed by atoms with E-state index in [4.69, 9.17) is 23.3 Å². The van der Waals surface area contributed by atoms with E-state index in [1.54, 1.807) is 0 Å². The molecule has 0 aliphatic carbocycles. The van der Waals surface area contributed by atoms with Crippen molar-refractivity contribution in [3.8, 4) is 0 Å². The smallest absolute Gasteiger partial charge is 0.462 e. The van der Waals surface area contributed by atoms with E-state index in [0.717, 1.165) is 141 Å². The first kappa shape index (κ1) is 64.4. The van der Waals surface area contributed by atoms with Gasteiger partial charge in [-0.2, -0.15) is 0 Å². The van der Waals surface area contributed by atoms with Gasteiger partial charge in [0.15, 0.2) is 6.10 Å². The average Bonchev–Trinajstić information content (AvgIpc) is 3.32. The van der Waals surface area contributed by atoms with Gasteiger partial charge in [-0.1, -0.05) is 169 Å². The summed E-state index contributed by atoms with van der Waals surface area (Å²) in [7, 11) is -4.76. The predicted octanol–water partition coefficient (Wildman–Crippen LogP) is 14.9. The summed E-state index contributed by atoms with van der Waals surface area (Å²) in [6.45, 7) is 4.25. The zero-order chi connectivity index (χ0) is 49.9. The molecule has 0 saturated carbocycles. The van der Waals surface area contributed by atoms with Crippen LogP contribution in [0.3, 0.4) is 0 Å². The molecule has 68 heavy (non-hydrogen) atoms. The van der Waals surface area contributed by atoms with Gasteiger partial charge in [0.25, 0.3) is 0 Å². The Labute approximate surface area is 412 Å². The van der Waals surface area contributed by atoms with E-state index >= 15 is 0 Å². The van der Waals surface area contributed by atoms with E-state index in [9.17, 15) is 28.9 Å². The van der Waals surface area contributed by atoms with Crippen molar-refractivity contribution in [2.75, 3.05) is 26.4 Å². The first-order chi connectivity index (χ1) is 33.2. The van der Waals surface area contributed by atoms with Crippen LogP contribution in [0, 0.1) is 0 Å². The van der Waals surface area contributed by atoms with Crippen LogP contribution >= 0.6 is 7.82 Å². The van der Waals surface area contributed by atoms with Crippen LogP contribution in [-0.2, 0) is 42.2 Å². The second-order valence-corrected chi connectivity index (χ2v) is 18.4. The van der Waals surface area contributed by atoms with Crippen LogP contribution < -0.4 is 0 Å². The first-order valence-corrected chi connectivity index (χ1v) is 27.6. The van der Waals surface area contributed by atoms with Crippen molar-refractivity contribution in [1.82, 2.24) is 0 Å². The Balaban J connectivity index is 4.82. The molecule has 388 valence electrons. The van der Waals surface area contributed by atoms with Crippen LogP contribution in [0.2, 0.25) is 0 Å². The SMILES string of the molecule is CC/C=C\C/C=C\C/C=C\CCCCCCCC(=O)OCC(COP(=O)(O)OCC(CO)OC(=O)CCCCCCC/C=C\C/C=C\CCC)OC(=O)CCCCC/C=C\C/C=C\C/C=C\CC. The maximum Gasteiger partial charge on any atom is 0.472 e. The quantitative estimate of drug-likeness (QED) is 0.0197. The molecule has 0 aliphatic rings. The highest BCUT2D eigenvalue weighted by Gasteiger charge is 2.28. The number of allylic oxidation sites excluding steroid dienone is 16. The molecule has 0 bridgehead atoms. The van der Waals surface area contributed by atoms with Crippen molar-refractivity contribution >= 4 is 25.7 Å². The Kier molecular flexibility index (Phi) is 47.2. The molecular formula is C56H93O11P. The van der Waals surface area contributed by atoms with Crippen molar-refractivity contribution in [2.24, 2.45) is 0 Å². The highest BCUT2D eigenvalue weighted by Crippen LogP contribution is 2.43. The van der Waals surface area contributed by atoms with E-state index in [1.165, 1.54) is 0 Å². The standard InChI is InChI=1S/C56H93O11P/c1-4-7-10-13-16-19-22-25-26-29-30-33-36-39-42-45-54(58)63-49-53(67-56(60)47-44-41-38-35-32-28-24-21-18-15-12-9-6-3)51-65-68(61,62)64-50-52(48-57)66-55(59)46-43-40-37-34-31-27-23-20-17-14-11-8-5-2/h7,9-12,14,16,18-21,23,25-26,28,32,52-53,57H,4-6,8,13,15,17,22,24,27,29-31,33-51H2,1-3H3,(H,61,62)/b10-7-,12-9-,14-11-,19-16-,21-18-,23-20-,26-25-,32-28-. The molecule has 11 nitrogen and oxygen atoms in total. The minimum atomic E-state index is -4.76. The van der Waals surface area contributed by atoms with Gasteiger partial charge in [0.2, 0.25) is 0 Å². The number of phosphoric ester groups is 1. The van der Waals surface area contributed by atoms with Crippen LogP contribution in [0.25, 0.3) is 0 Å². The number of aliphatic hydroxyl groups excluding tert-OH is 1. The second kappa shape index (κ2) is 49.8. The summed E-state index contributed by atoms with van der Waals surface area (Å²) in [4.78, 5) is 48.3. The molecule has 0 aliphatic heterocycles. The number of aliphatic hydroxyl groups is 1. The van der Waals surface area contributed by atoms with Crippen molar-refractivity contribution in [3.05, 3.63) is 97.2 Å². The van der Waals surface area contributed by atoms with E-state index in [0.29, 0.717) is 19.3 Å². The summed E-state index contributed by atoms with van der Waals surface area (Å²) in [6.07, 6.45) is 56.6. The molecule has 0 fully saturated rings. The molecule has 0 rings (SSSR count). The summed E-state index contributed by atoms with van der Waals surface area (Å²) >= 11 is 0. The third-order valence-electron chi connectivity index (χ3n) is 10.5. The molecule has 0 heterocycles. The van der Waals surface area contributed by atoms with Crippen LogP contribution in [0.5, 0.6) is 0 Å². The third kappa shape index (κ3) is 47.5. The van der Waals surface area contributed by atoms with Crippen molar-refractivity contribution < 1.29 is 52.2 Å². The monoisotopic (exact) mass is 973 g/mol. The van der Waals surface area contributed by atoms with Gasteiger partial charge in [-0.05, 0) is 109 Å². The highest BCUT2D eigenvalue weighted by molar-refractivity contribution is 7.47. The van der Waals surface area contributed by atoms with Gasteiger partial charge in [0, 0.05) is 19.3 Å². The number of carbonyl (C=O) groups excluding carboxylic acids is 3. The number of hydrogen-bond acceptors (Lipinski definition) is 10. The molecule has 2 N–H and O–H groups in total. The molecule has 0 spiro atoms. The Bertz CT molecular complexity index is 1510. The molecule has 12 heteroatoms. The number of unbranched alkanes of at least 4 members (excludes halogenated alkanes) is 14. The van der Waals surface area contributed by atoms with Gasteiger partial charge in [-0.3, -0.25) is 23.4 Å². The lowest BCUT2D eigenvalue weighted by molar-refractivity contribution is -0.161. The summed E-state index contributed by atoms with van der Waals surface area (Å²) in [5.74, 6) is -1.55. The third-order valence-corrected chi connectivity index (χ3v) is 11.4. The Hall–Kier alpha value is -3.60. The summed E-state index contributed by atoms with van der Waals surface area (Å²) in [5.41, 5.74) is 0. The minimum absolute atomic E-state index is 0.123. The van der Waals surface area contributed by atoms with E-state index < -0.39 is 57.8 Å². The lowest BCUT2D eigenvalue weighted by Crippen LogP contribution is -2.30. The number of phosphoric acid groups is 1. The zero-order valence-electron chi connectivity index (χ0n) is 42.5. The first-order valence-electron chi connectivity index (χ1n) is 26.1. The van der Waals surface area contributed by atoms with Gasteiger partial charge in [-0.15, -0.1) is 0 Å². The van der Waals surface area contributed by atoms with E-state index in [-0.39, 0.29) is 25.9 Å².